The topological polar surface area (TPSA) is 88.5 Å². The van der Waals surface area contributed by atoms with Crippen LogP contribution in [-0.4, -0.2) is 49.4 Å². The minimum atomic E-state index is -0.232. The Bertz CT molecular complexity index is 869. The molecule has 2 aromatic rings. The Morgan fingerprint density at radius 1 is 0.867 bits per heavy atom. The number of carbonyl (C=O) groups is 2. The second-order valence-corrected chi connectivity index (χ2v) is 7.32. The molecule has 2 aromatic carbocycles. The Hall–Kier alpha value is -3.37. The van der Waals surface area contributed by atoms with Gasteiger partial charge in [0.25, 0.3) is 0 Å². The molecule has 0 saturated carbocycles. The molecule has 3 rings (SSSR count). The molecule has 30 heavy (non-hydrogen) atoms. The van der Waals surface area contributed by atoms with Crippen LogP contribution in [0.4, 0.5) is 5.69 Å². The predicted molar refractivity (Wildman–Crippen MR) is 115 cm³/mol. The average molecular weight is 406 g/mol. The molecule has 0 atom stereocenters. The van der Waals surface area contributed by atoms with E-state index in [4.69, 9.17) is 5.26 Å². The van der Waals surface area contributed by atoms with E-state index in [1.165, 1.54) is 5.69 Å². The monoisotopic (exact) mass is 405 g/mol. The predicted octanol–water partition coefficient (Wildman–Crippen LogP) is 1.85. The summed E-state index contributed by atoms with van der Waals surface area (Å²) in [5.74, 6) is -0.420. The molecule has 1 saturated heterocycles. The van der Waals surface area contributed by atoms with Crippen molar-refractivity contribution in [1.82, 2.24) is 15.8 Å². The second kappa shape index (κ2) is 11.0. The third-order valence-electron chi connectivity index (χ3n) is 5.21. The summed E-state index contributed by atoms with van der Waals surface area (Å²) in [6, 6.07) is 19.5. The van der Waals surface area contributed by atoms with Crippen LogP contribution in [0.3, 0.4) is 0 Å². The molecule has 0 unspecified atom stereocenters. The summed E-state index contributed by atoms with van der Waals surface area (Å²) < 4.78 is 0. The van der Waals surface area contributed by atoms with Crippen molar-refractivity contribution in [2.75, 3.05) is 37.6 Å². The van der Waals surface area contributed by atoms with E-state index >= 15 is 0 Å². The van der Waals surface area contributed by atoms with Crippen molar-refractivity contribution in [3.05, 3.63) is 65.7 Å². The first-order valence-corrected chi connectivity index (χ1v) is 10.2. The van der Waals surface area contributed by atoms with Crippen LogP contribution < -0.4 is 15.8 Å². The summed E-state index contributed by atoms with van der Waals surface area (Å²) in [5, 5.41) is 8.80. The van der Waals surface area contributed by atoms with Gasteiger partial charge in [0.15, 0.2) is 0 Å². The third kappa shape index (κ3) is 6.61. The summed E-state index contributed by atoms with van der Waals surface area (Å²) in [6.45, 7) is 4.39. The number of carbonyl (C=O) groups excluding carboxylic acids is 2. The van der Waals surface area contributed by atoms with Crippen molar-refractivity contribution >= 4 is 17.5 Å². The van der Waals surface area contributed by atoms with Gasteiger partial charge in [0.05, 0.1) is 11.6 Å². The maximum absolute atomic E-state index is 12.0. The number of hydrogen-bond donors (Lipinski definition) is 2. The van der Waals surface area contributed by atoms with Gasteiger partial charge in [-0.15, -0.1) is 0 Å². The minimum Gasteiger partial charge on any atom is -0.369 e. The molecular weight excluding hydrogens is 378 g/mol. The van der Waals surface area contributed by atoms with Crippen LogP contribution in [0.25, 0.3) is 0 Å². The van der Waals surface area contributed by atoms with Gasteiger partial charge < -0.3 is 4.90 Å². The highest BCUT2D eigenvalue weighted by molar-refractivity contribution is 5.82. The first-order chi connectivity index (χ1) is 14.6. The van der Waals surface area contributed by atoms with Crippen molar-refractivity contribution in [1.29, 1.82) is 5.26 Å². The average Bonchev–Trinajstić information content (AvgIpc) is 2.81. The number of aryl methyl sites for hydroxylation is 1. The van der Waals surface area contributed by atoms with Crippen LogP contribution in [0, 0.1) is 11.3 Å². The number of anilines is 1. The summed E-state index contributed by atoms with van der Waals surface area (Å²) in [6.07, 6.45) is 1.17. The smallest absolute Gasteiger partial charge is 0.239 e. The number of rotatable bonds is 7. The molecule has 1 aliphatic rings. The molecule has 0 radical (unpaired) electrons. The first kappa shape index (κ1) is 21.3. The molecule has 156 valence electrons. The number of para-hydroxylation sites is 1. The van der Waals surface area contributed by atoms with Gasteiger partial charge in [0.2, 0.25) is 11.8 Å². The largest absolute Gasteiger partial charge is 0.369 e. The third-order valence-corrected chi connectivity index (χ3v) is 5.21. The fourth-order valence-electron chi connectivity index (χ4n) is 3.40. The van der Waals surface area contributed by atoms with Crippen molar-refractivity contribution in [2.24, 2.45) is 0 Å². The van der Waals surface area contributed by atoms with E-state index < -0.39 is 0 Å². The van der Waals surface area contributed by atoms with E-state index in [0.29, 0.717) is 24.9 Å². The summed E-state index contributed by atoms with van der Waals surface area (Å²) in [7, 11) is 0. The van der Waals surface area contributed by atoms with Crippen LogP contribution >= 0.6 is 0 Å². The minimum absolute atomic E-state index is 0.188. The zero-order chi connectivity index (χ0) is 21.2. The lowest BCUT2D eigenvalue weighted by Crippen LogP contribution is -2.48. The SMILES string of the molecule is N#Cc1ccc(CCC(=O)NNC(=O)CCN2CCN(c3ccccc3)CC2)cc1. The van der Waals surface area contributed by atoms with Crippen molar-refractivity contribution in [3.63, 3.8) is 0 Å². The van der Waals surface area contributed by atoms with E-state index in [1.807, 2.05) is 30.3 Å². The van der Waals surface area contributed by atoms with Crippen LogP contribution in [0.15, 0.2) is 54.6 Å². The summed E-state index contributed by atoms with van der Waals surface area (Å²) in [4.78, 5) is 28.6. The number of hydrazine groups is 1. The zero-order valence-electron chi connectivity index (χ0n) is 17.0. The highest BCUT2D eigenvalue weighted by atomic mass is 16.2. The quantitative estimate of drug-likeness (QED) is 0.687. The zero-order valence-corrected chi connectivity index (χ0v) is 17.0. The van der Waals surface area contributed by atoms with Gasteiger partial charge in [-0.2, -0.15) is 5.26 Å². The first-order valence-electron chi connectivity index (χ1n) is 10.2. The van der Waals surface area contributed by atoms with E-state index in [-0.39, 0.29) is 18.2 Å². The lowest BCUT2D eigenvalue weighted by atomic mass is 10.1. The fraction of sp³-hybridized carbons (Fsp3) is 0.348. The van der Waals surface area contributed by atoms with E-state index in [0.717, 1.165) is 31.7 Å². The van der Waals surface area contributed by atoms with Crippen molar-refractivity contribution in [3.8, 4) is 6.07 Å². The number of amides is 2. The molecule has 1 aliphatic heterocycles. The van der Waals surface area contributed by atoms with E-state index in [9.17, 15) is 9.59 Å². The van der Waals surface area contributed by atoms with E-state index in [2.05, 4.69) is 38.9 Å². The van der Waals surface area contributed by atoms with Crippen molar-refractivity contribution < 1.29 is 9.59 Å². The second-order valence-electron chi connectivity index (χ2n) is 7.32. The number of nitriles is 1. The molecule has 0 bridgehead atoms. The van der Waals surface area contributed by atoms with Crippen LogP contribution in [-0.2, 0) is 16.0 Å². The fourth-order valence-corrected chi connectivity index (χ4v) is 3.40. The maximum Gasteiger partial charge on any atom is 0.239 e. The summed E-state index contributed by atoms with van der Waals surface area (Å²) in [5.41, 5.74) is 7.77. The van der Waals surface area contributed by atoms with Gasteiger partial charge in [-0.1, -0.05) is 30.3 Å². The van der Waals surface area contributed by atoms with Gasteiger partial charge >= 0.3 is 0 Å². The Kier molecular flexibility index (Phi) is 7.81. The number of piperazine rings is 1. The highest BCUT2D eigenvalue weighted by Crippen LogP contribution is 2.15. The number of nitrogens with one attached hydrogen (secondary N) is 2. The number of nitrogens with zero attached hydrogens (tertiary/aromatic N) is 3. The van der Waals surface area contributed by atoms with Gasteiger partial charge in [0.1, 0.15) is 0 Å². The molecule has 7 nitrogen and oxygen atoms in total. The molecule has 0 aromatic heterocycles. The Balaban J connectivity index is 1.28. The molecule has 0 spiro atoms. The number of hydrogen-bond acceptors (Lipinski definition) is 5. The van der Waals surface area contributed by atoms with Crippen LogP contribution in [0.5, 0.6) is 0 Å². The standard InChI is InChI=1S/C23H27N5O2/c24-18-20-8-6-19(7-9-20)10-11-22(29)25-26-23(30)12-13-27-14-16-28(17-15-27)21-4-2-1-3-5-21/h1-9H,10-17H2,(H,25,29)(H,26,30). The molecule has 2 N–H and O–H groups in total. The van der Waals surface area contributed by atoms with Gasteiger partial charge in [-0.25, -0.2) is 0 Å². The van der Waals surface area contributed by atoms with Gasteiger partial charge in [0, 0.05) is 51.3 Å². The Morgan fingerprint density at radius 3 is 2.13 bits per heavy atom. The Labute approximate surface area is 177 Å². The Morgan fingerprint density at radius 2 is 1.50 bits per heavy atom. The highest BCUT2D eigenvalue weighted by Gasteiger charge is 2.17. The molecule has 7 heteroatoms. The van der Waals surface area contributed by atoms with E-state index in [1.54, 1.807) is 12.1 Å². The molecular formula is C23H27N5O2. The lowest BCUT2D eigenvalue weighted by molar-refractivity contribution is -0.129. The molecule has 0 aliphatic carbocycles. The normalized spacial score (nSPS) is 14.0. The molecule has 1 fully saturated rings. The van der Waals surface area contributed by atoms with Gasteiger partial charge in [-0.3, -0.25) is 25.3 Å². The molecule has 1 heterocycles. The van der Waals surface area contributed by atoms with Crippen LogP contribution in [0.1, 0.15) is 24.0 Å². The summed E-state index contributed by atoms with van der Waals surface area (Å²) >= 11 is 0. The maximum atomic E-state index is 12.0. The van der Waals surface area contributed by atoms with Crippen LogP contribution in [0.2, 0.25) is 0 Å². The lowest BCUT2D eigenvalue weighted by Gasteiger charge is -2.36. The molecule has 2 amide bonds. The van der Waals surface area contributed by atoms with Crippen molar-refractivity contribution in [2.45, 2.75) is 19.3 Å². The van der Waals surface area contributed by atoms with Gasteiger partial charge in [-0.05, 0) is 36.2 Å². The number of benzene rings is 2.